The zero-order chi connectivity index (χ0) is 13.1. The summed E-state index contributed by atoms with van der Waals surface area (Å²) in [5.74, 6) is 0.00626. The van der Waals surface area contributed by atoms with E-state index in [0.29, 0.717) is 5.17 Å². The van der Waals surface area contributed by atoms with Gasteiger partial charge in [-0.15, -0.1) is 0 Å². The van der Waals surface area contributed by atoms with Gasteiger partial charge in [-0.3, -0.25) is 14.5 Å². The molecule has 1 aliphatic heterocycles. The van der Waals surface area contributed by atoms with Gasteiger partial charge in [-0.25, -0.2) is 4.79 Å². The average molecular weight is 259 g/mol. The normalized spacial score (nSPS) is 20.8. The number of thioether (sulfide) groups is 1. The zero-order valence-electron chi connectivity index (χ0n) is 10.4. The van der Waals surface area contributed by atoms with E-state index in [4.69, 9.17) is 0 Å². The molecule has 96 valence electrons. The topological polar surface area (TPSA) is 71.0 Å². The Balaban J connectivity index is 2.85. The van der Waals surface area contributed by atoms with E-state index in [0.717, 1.165) is 12.8 Å². The summed E-state index contributed by atoms with van der Waals surface area (Å²) in [5, 5.41) is 6.39. The maximum absolute atomic E-state index is 12.1. The van der Waals surface area contributed by atoms with Crippen molar-refractivity contribution in [3.63, 3.8) is 0 Å². The lowest BCUT2D eigenvalue weighted by Gasteiger charge is -2.20. The average Bonchev–Trinajstić information content (AvgIpc) is 2.60. The second-order valence-corrected chi connectivity index (χ2v) is 5.02. The van der Waals surface area contributed by atoms with Crippen molar-refractivity contribution in [2.24, 2.45) is 5.16 Å². The first kappa shape index (κ1) is 13.8. The fraction of sp³-hybridized carbons (Fsp3) is 0.700. The maximum Gasteiger partial charge on any atom is 0.433 e. The predicted octanol–water partition coefficient (Wildman–Crippen LogP) is 1.38. The first-order valence-electron chi connectivity index (χ1n) is 5.44. The Hall–Kier alpha value is -1.24. The minimum Gasteiger partial charge on any atom is -0.323 e. The summed E-state index contributed by atoms with van der Waals surface area (Å²) in [5.41, 5.74) is 0. The summed E-state index contributed by atoms with van der Waals surface area (Å²) in [6.45, 7) is 3.93. The molecule has 1 rings (SSSR count). The highest BCUT2D eigenvalue weighted by Crippen LogP contribution is 2.41. The van der Waals surface area contributed by atoms with Crippen molar-refractivity contribution in [2.75, 3.05) is 14.1 Å². The van der Waals surface area contributed by atoms with Gasteiger partial charge in [0.25, 0.3) is 0 Å². The van der Waals surface area contributed by atoms with Crippen LogP contribution in [-0.4, -0.2) is 40.9 Å². The lowest BCUT2D eigenvalue weighted by atomic mass is 10.0. The van der Waals surface area contributed by atoms with Crippen LogP contribution in [0.25, 0.3) is 0 Å². The molecule has 0 unspecified atom stereocenters. The number of nitrogens with zero attached hydrogens (tertiary/aromatic N) is 2. The van der Waals surface area contributed by atoms with Crippen LogP contribution in [0, 0.1) is 0 Å². The molecule has 1 fully saturated rings. The van der Waals surface area contributed by atoms with E-state index in [1.165, 1.54) is 23.7 Å². The summed E-state index contributed by atoms with van der Waals surface area (Å²) >= 11 is 1.35. The van der Waals surface area contributed by atoms with Crippen LogP contribution in [0.4, 0.5) is 4.79 Å². The third kappa shape index (κ3) is 2.54. The molecule has 6 nitrogen and oxygen atoms in total. The van der Waals surface area contributed by atoms with Crippen LogP contribution in [0.1, 0.15) is 26.7 Å². The number of amides is 2. The molecule has 1 saturated heterocycles. The Morgan fingerprint density at radius 1 is 1.53 bits per heavy atom. The third-order valence-corrected chi connectivity index (χ3v) is 4.49. The Kier molecular flexibility index (Phi) is 4.39. The fourth-order valence-electron chi connectivity index (χ4n) is 1.58. The van der Waals surface area contributed by atoms with Gasteiger partial charge >= 0.3 is 6.09 Å². The number of amidine groups is 1. The van der Waals surface area contributed by atoms with E-state index in [1.807, 2.05) is 13.8 Å². The van der Waals surface area contributed by atoms with Gasteiger partial charge in [0.05, 0.1) is 0 Å². The van der Waals surface area contributed by atoms with E-state index in [9.17, 15) is 9.59 Å². The lowest BCUT2D eigenvalue weighted by Crippen LogP contribution is -2.36. The van der Waals surface area contributed by atoms with Gasteiger partial charge in [0, 0.05) is 14.1 Å². The van der Waals surface area contributed by atoms with Crippen LogP contribution in [0.2, 0.25) is 0 Å². The number of carbonyl (C=O) groups excluding carboxylic acids is 2. The molecule has 1 heterocycles. The molecule has 0 aromatic carbocycles. The number of oxime groups is 1. The number of nitrogens with one attached hydrogen (secondary N) is 1. The number of hydrogen-bond donors (Lipinski definition) is 1. The largest absolute Gasteiger partial charge is 0.433 e. The molecule has 1 aliphatic rings. The van der Waals surface area contributed by atoms with Gasteiger partial charge in [0.2, 0.25) is 11.1 Å². The van der Waals surface area contributed by atoms with Crippen LogP contribution >= 0.6 is 11.8 Å². The summed E-state index contributed by atoms with van der Waals surface area (Å²) in [6.07, 6.45) is 0.789. The van der Waals surface area contributed by atoms with Crippen molar-refractivity contribution in [1.29, 1.82) is 0 Å². The van der Waals surface area contributed by atoms with Gasteiger partial charge in [0.1, 0.15) is 4.75 Å². The first-order valence-corrected chi connectivity index (χ1v) is 6.26. The Morgan fingerprint density at radius 2 is 2.12 bits per heavy atom. The second kappa shape index (κ2) is 5.39. The maximum atomic E-state index is 12.1. The number of carbonyl (C=O) groups is 2. The quantitative estimate of drug-likeness (QED) is 0.614. The molecule has 0 aromatic heterocycles. The highest BCUT2D eigenvalue weighted by atomic mass is 32.2. The molecule has 0 radical (unpaired) electrons. The molecule has 17 heavy (non-hydrogen) atoms. The Morgan fingerprint density at radius 3 is 2.53 bits per heavy atom. The SMILES string of the molecule is CCC1(CC)SC(=NOC(=O)NC)N(C)C1=O. The van der Waals surface area contributed by atoms with Gasteiger partial charge in [0.15, 0.2) is 0 Å². The van der Waals surface area contributed by atoms with E-state index in [-0.39, 0.29) is 5.91 Å². The Labute approximate surface area is 105 Å². The van der Waals surface area contributed by atoms with E-state index >= 15 is 0 Å². The standard InChI is InChI=1S/C10H17N3O3S/c1-5-10(6-2)7(14)13(4)8(17-10)12-16-9(15)11-3/h5-6H2,1-4H3,(H,11,15). The minimum absolute atomic E-state index is 0.00626. The van der Waals surface area contributed by atoms with Crippen molar-refractivity contribution in [3.05, 3.63) is 0 Å². The van der Waals surface area contributed by atoms with E-state index < -0.39 is 10.8 Å². The monoisotopic (exact) mass is 259 g/mol. The van der Waals surface area contributed by atoms with Crippen molar-refractivity contribution < 1.29 is 14.4 Å². The van der Waals surface area contributed by atoms with Gasteiger partial charge < -0.3 is 5.32 Å². The summed E-state index contributed by atoms with van der Waals surface area (Å²) in [4.78, 5) is 29.0. The molecule has 0 atom stereocenters. The van der Waals surface area contributed by atoms with E-state index in [1.54, 1.807) is 7.05 Å². The molecule has 0 aromatic rings. The minimum atomic E-state index is -0.649. The van der Waals surface area contributed by atoms with Crippen LogP contribution in [0.5, 0.6) is 0 Å². The van der Waals surface area contributed by atoms with Crippen LogP contribution < -0.4 is 5.32 Å². The smallest absolute Gasteiger partial charge is 0.323 e. The summed E-state index contributed by atoms with van der Waals surface area (Å²) < 4.78 is -0.473. The van der Waals surface area contributed by atoms with Crippen LogP contribution in [0.3, 0.4) is 0 Å². The molecular formula is C10H17N3O3S. The molecule has 0 bridgehead atoms. The highest BCUT2D eigenvalue weighted by Gasteiger charge is 2.47. The van der Waals surface area contributed by atoms with Crippen molar-refractivity contribution in [3.8, 4) is 0 Å². The van der Waals surface area contributed by atoms with Gasteiger partial charge in [-0.1, -0.05) is 25.6 Å². The molecule has 0 saturated carbocycles. The molecule has 0 spiro atoms. The summed E-state index contributed by atoms with van der Waals surface area (Å²) in [6, 6.07) is 0. The highest BCUT2D eigenvalue weighted by molar-refractivity contribution is 8.16. The summed E-state index contributed by atoms with van der Waals surface area (Å²) in [7, 11) is 3.08. The predicted molar refractivity (Wildman–Crippen MR) is 66.6 cm³/mol. The number of hydrogen-bond acceptors (Lipinski definition) is 5. The van der Waals surface area contributed by atoms with E-state index in [2.05, 4.69) is 15.3 Å². The van der Waals surface area contributed by atoms with Crippen molar-refractivity contribution >= 4 is 28.9 Å². The molecule has 7 heteroatoms. The molecule has 0 aliphatic carbocycles. The fourth-order valence-corrected chi connectivity index (χ4v) is 2.74. The third-order valence-electron chi connectivity index (χ3n) is 2.82. The molecule has 1 N–H and O–H groups in total. The first-order chi connectivity index (χ1) is 8.00. The molecule has 2 amide bonds. The molecular weight excluding hydrogens is 242 g/mol. The zero-order valence-corrected chi connectivity index (χ0v) is 11.3. The van der Waals surface area contributed by atoms with Crippen molar-refractivity contribution in [2.45, 2.75) is 31.4 Å². The van der Waals surface area contributed by atoms with Crippen LogP contribution in [0.15, 0.2) is 5.16 Å². The second-order valence-electron chi connectivity index (χ2n) is 3.67. The number of rotatable bonds is 3. The lowest BCUT2D eigenvalue weighted by molar-refractivity contribution is -0.128. The van der Waals surface area contributed by atoms with Gasteiger partial charge in [-0.05, 0) is 18.0 Å². The van der Waals surface area contributed by atoms with Crippen molar-refractivity contribution in [1.82, 2.24) is 10.2 Å². The van der Waals surface area contributed by atoms with Gasteiger partial charge in [-0.2, -0.15) is 0 Å². The van der Waals surface area contributed by atoms with Crippen LogP contribution in [-0.2, 0) is 9.63 Å². The Bertz CT molecular complexity index is 353.